The minimum atomic E-state index is -1.21. The maximum atomic E-state index is 14.7. The molecular formula is C24H28F3N5O3. The first-order valence-electron chi connectivity index (χ1n) is 11.0. The average Bonchev–Trinajstić information content (AvgIpc) is 3.25. The summed E-state index contributed by atoms with van der Waals surface area (Å²) in [6, 6.07) is 6.64. The maximum absolute atomic E-state index is 14.7. The van der Waals surface area contributed by atoms with E-state index >= 15 is 0 Å². The molecule has 8 nitrogen and oxygen atoms in total. The Morgan fingerprint density at radius 3 is 2.51 bits per heavy atom. The van der Waals surface area contributed by atoms with E-state index in [0.29, 0.717) is 6.42 Å². The van der Waals surface area contributed by atoms with Crippen molar-refractivity contribution < 1.29 is 27.1 Å². The molecule has 188 valence electrons. The first kappa shape index (κ1) is 25.9. The number of ether oxygens (including phenoxy) is 1. The standard InChI is InChI=1S/C24H28F3N5O3/c1-6-14-7-10-18(17(26)13-14)29-20-15(8-9-16(25)19(20)27)21-30-31-22(34-21)28-11-12-32(5)23(33)35-24(2,3)4/h7-10,13,29H,6,11-12H2,1-5H3,(H,28,31). The third-order valence-corrected chi connectivity index (χ3v) is 4.88. The Bertz CT molecular complexity index is 1190. The molecule has 0 saturated heterocycles. The molecule has 11 heteroatoms. The number of aromatic nitrogens is 2. The van der Waals surface area contributed by atoms with Crippen LogP contribution in [0.25, 0.3) is 11.5 Å². The first-order chi connectivity index (χ1) is 16.5. The largest absolute Gasteiger partial charge is 0.444 e. The van der Waals surface area contributed by atoms with Crippen molar-refractivity contribution in [2.75, 3.05) is 30.8 Å². The lowest BCUT2D eigenvalue weighted by Gasteiger charge is -2.24. The Kier molecular flexibility index (Phi) is 7.88. The number of benzene rings is 2. The second-order valence-corrected chi connectivity index (χ2v) is 8.82. The summed E-state index contributed by atoms with van der Waals surface area (Å²) in [7, 11) is 1.58. The zero-order valence-corrected chi connectivity index (χ0v) is 20.2. The van der Waals surface area contributed by atoms with Gasteiger partial charge in [-0.05, 0) is 57.0 Å². The summed E-state index contributed by atoms with van der Waals surface area (Å²) >= 11 is 0. The van der Waals surface area contributed by atoms with Gasteiger partial charge in [-0.25, -0.2) is 18.0 Å². The van der Waals surface area contributed by atoms with Gasteiger partial charge in [0, 0.05) is 20.1 Å². The second-order valence-electron chi connectivity index (χ2n) is 8.82. The SMILES string of the molecule is CCc1ccc(Nc2c(-c3nnc(NCCN(C)C(=O)OC(C)(C)C)o3)ccc(F)c2F)c(F)c1. The molecule has 0 bridgehead atoms. The van der Waals surface area contributed by atoms with E-state index in [-0.39, 0.29) is 41.9 Å². The third-order valence-electron chi connectivity index (χ3n) is 4.88. The number of anilines is 3. The summed E-state index contributed by atoms with van der Waals surface area (Å²) in [6.45, 7) is 7.72. The van der Waals surface area contributed by atoms with E-state index in [1.54, 1.807) is 33.9 Å². The predicted molar refractivity (Wildman–Crippen MR) is 126 cm³/mol. The molecule has 0 saturated carbocycles. The van der Waals surface area contributed by atoms with Crippen LogP contribution in [0.1, 0.15) is 33.3 Å². The number of amides is 1. The number of carbonyl (C=O) groups excluding carboxylic acids is 1. The predicted octanol–water partition coefficient (Wildman–Crippen LogP) is 5.74. The van der Waals surface area contributed by atoms with Gasteiger partial charge < -0.3 is 24.7 Å². The molecule has 1 heterocycles. The summed E-state index contributed by atoms with van der Waals surface area (Å²) in [5.74, 6) is -3.06. The van der Waals surface area contributed by atoms with Gasteiger partial charge in [0.25, 0.3) is 5.89 Å². The quantitative estimate of drug-likeness (QED) is 0.415. The van der Waals surface area contributed by atoms with E-state index in [1.807, 2.05) is 6.92 Å². The smallest absolute Gasteiger partial charge is 0.410 e. The molecular weight excluding hydrogens is 463 g/mol. The van der Waals surface area contributed by atoms with E-state index in [1.165, 1.54) is 23.1 Å². The molecule has 3 aromatic rings. The van der Waals surface area contributed by atoms with Gasteiger partial charge in [-0.15, -0.1) is 5.10 Å². The number of aryl methyl sites for hydroxylation is 1. The highest BCUT2D eigenvalue weighted by Gasteiger charge is 2.22. The molecule has 0 fully saturated rings. The van der Waals surface area contributed by atoms with Crippen LogP contribution in [0.15, 0.2) is 34.7 Å². The maximum Gasteiger partial charge on any atom is 0.410 e. The summed E-state index contributed by atoms with van der Waals surface area (Å²) in [6.07, 6.45) is 0.143. The summed E-state index contributed by atoms with van der Waals surface area (Å²) in [4.78, 5) is 13.4. The molecule has 1 amide bonds. The normalized spacial score (nSPS) is 11.3. The van der Waals surface area contributed by atoms with Crippen LogP contribution in [0.5, 0.6) is 0 Å². The molecule has 1 aromatic heterocycles. The van der Waals surface area contributed by atoms with Crippen molar-refractivity contribution in [1.82, 2.24) is 15.1 Å². The Balaban J connectivity index is 1.74. The van der Waals surface area contributed by atoms with Gasteiger partial charge in [0.05, 0.1) is 16.9 Å². The Labute approximate surface area is 201 Å². The van der Waals surface area contributed by atoms with Crippen LogP contribution in [0, 0.1) is 17.5 Å². The van der Waals surface area contributed by atoms with Crippen LogP contribution in [-0.2, 0) is 11.2 Å². The molecule has 0 spiro atoms. The molecule has 0 atom stereocenters. The van der Waals surface area contributed by atoms with Gasteiger partial charge in [-0.1, -0.05) is 18.1 Å². The zero-order chi connectivity index (χ0) is 25.8. The number of nitrogens with one attached hydrogen (secondary N) is 2. The van der Waals surface area contributed by atoms with Gasteiger partial charge in [0.2, 0.25) is 0 Å². The number of nitrogens with zero attached hydrogens (tertiary/aromatic N) is 3. The van der Waals surface area contributed by atoms with Crippen molar-refractivity contribution in [2.24, 2.45) is 0 Å². The number of hydrogen-bond donors (Lipinski definition) is 2. The molecule has 35 heavy (non-hydrogen) atoms. The molecule has 0 aliphatic heterocycles. The summed E-state index contributed by atoms with van der Waals surface area (Å²) in [5, 5.41) is 13.2. The van der Waals surface area contributed by atoms with Crippen LogP contribution in [-0.4, -0.2) is 46.9 Å². The van der Waals surface area contributed by atoms with Gasteiger partial charge in [0.15, 0.2) is 11.6 Å². The van der Waals surface area contributed by atoms with Crippen molar-refractivity contribution in [1.29, 1.82) is 0 Å². The van der Waals surface area contributed by atoms with E-state index in [4.69, 9.17) is 9.15 Å². The summed E-state index contributed by atoms with van der Waals surface area (Å²) < 4.78 is 54.0. The molecule has 0 aliphatic carbocycles. The topological polar surface area (TPSA) is 92.5 Å². The van der Waals surface area contributed by atoms with Crippen LogP contribution in [0.2, 0.25) is 0 Å². The number of hydrogen-bond acceptors (Lipinski definition) is 7. The molecule has 2 N–H and O–H groups in total. The number of likely N-dealkylation sites (N-methyl/N-ethyl adjacent to an activating group) is 1. The minimum absolute atomic E-state index is 0.00625. The van der Waals surface area contributed by atoms with Crippen LogP contribution >= 0.6 is 0 Å². The minimum Gasteiger partial charge on any atom is -0.444 e. The lowest BCUT2D eigenvalue weighted by atomic mass is 10.1. The second kappa shape index (κ2) is 10.7. The van der Waals surface area contributed by atoms with Gasteiger partial charge in [0.1, 0.15) is 11.4 Å². The van der Waals surface area contributed by atoms with E-state index in [0.717, 1.165) is 11.6 Å². The third kappa shape index (κ3) is 6.65. The molecule has 2 aromatic carbocycles. The van der Waals surface area contributed by atoms with Crippen LogP contribution in [0.3, 0.4) is 0 Å². The van der Waals surface area contributed by atoms with E-state index in [2.05, 4.69) is 20.8 Å². The number of rotatable bonds is 8. The molecule has 0 unspecified atom stereocenters. The fraction of sp³-hybridized carbons (Fsp3) is 0.375. The van der Waals surface area contributed by atoms with Gasteiger partial charge in [-0.3, -0.25) is 0 Å². The molecule has 0 aliphatic rings. The van der Waals surface area contributed by atoms with E-state index < -0.39 is 29.1 Å². The number of carbonyl (C=O) groups is 1. The van der Waals surface area contributed by atoms with Gasteiger partial charge in [-0.2, -0.15) is 0 Å². The van der Waals surface area contributed by atoms with Crippen LogP contribution < -0.4 is 10.6 Å². The highest BCUT2D eigenvalue weighted by Crippen LogP contribution is 2.34. The Morgan fingerprint density at radius 2 is 1.86 bits per heavy atom. The molecule has 3 rings (SSSR count). The average molecular weight is 492 g/mol. The van der Waals surface area contributed by atoms with Crippen molar-refractivity contribution in [3.8, 4) is 11.5 Å². The lowest BCUT2D eigenvalue weighted by Crippen LogP contribution is -2.36. The first-order valence-corrected chi connectivity index (χ1v) is 11.0. The Hall–Kier alpha value is -3.76. The zero-order valence-electron chi connectivity index (χ0n) is 20.2. The van der Waals surface area contributed by atoms with Crippen molar-refractivity contribution >= 4 is 23.5 Å². The Morgan fingerprint density at radius 1 is 1.11 bits per heavy atom. The fourth-order valence-electron chi connectivity index (χ4n) is 3.03. The van der Waals surface area contributed by atoms with Crippen molar-refractivity contribution in [3.63, 3.8) is 0 Å². The van der Waals surface area contributed by atoms with Crippen molar-refractivity contribution in [2.45, 2.75) is 39.7 Å². The van der Waals surface area contributed by atoms with E-state index in [9.17, 15) is 18.0 Å². The monoisotopic (exact) mass is 491 g/mol. The number of halogens is 3. The lowest BCUT2D eigenvalue weighted by molar-refractivity contribution is 0.0305. The van der Waals surface area contributed by atoms with Crippen LogP contribution in [0.4, 0.5) is 35.4 Å². The summed E-state index contributed by atoms with van der Waals surface area (Å²) in [5.41, 5.74) is -0.173. The highest BCUT2D eigenvalue weighted by molar-refractivity contribution is 5.78. The van der Waals surface area contributed by atoms with Gasteiger partial charge >= 0.3 is 12.1 Å². The highest BCUT2D eigenvalue weighted by atomic mass is 19.2. The van der Waals surface area contributed by atoms with Crippen molar-refractivity contribution in [3.05, 3.63) is 53.3 Å². The fourth-order valence-corrected chi connectivity index (χ4v) is 3.03. The molecule has 0 radical (unpaired) electrons.